The third-order valence-corrected chi connectivity index (χ3v) is 3.67. The number of benzene rings is 1. The van der Waals surface area contributed by atoms with E-state index >= 15 is 0 Å². The van der Waals surface area contributed by atoms with Gasteiger partial charge in [0.15, 0.2) is 0 Å². The highest BCUT2D eigenvalue weighted by molar-refractivity contribution is 9.13. The number of amides is 1. The molecule has 0 spiro atoms. The third-order valence-electron chi connectivity index (χ3n) is 1.79. The molecule has 0 bridgehead atoms. The maximum atomic E-state index is 10.7. The Hall–Kier alpha value is -0.390. The van der Waals surface area contributed by atoms with Crippen LogP contribution in [0.2, 0.25) is 0 Å². The molecule has 76 valence electrons. The highest BCUT2D eigenvalue weighted by Gasteiger charge is 2.10. The number of hydrogen-bond acceptors (Lipinski definition) is 2. The van der Waals surface area contributed by atoms with Crippen LogP contribution < -0.4 is 11.5 Å². The van der Waals surface area contributed by atoms with Gasteiger partial charge >= 0.3 is 0 Å². The monoisotopic (exact) mass is 320 g/mol. The molecule has 0 radical (unpaired) electrons. The van der Waals surface area contributed by atoms with Gasteiger partial charge in [-0.1, -0.05) is 6.07 Å². The number of primary amides is 1. The second kappa shape index (κ2) is 4.91. The average molecular weight is 322 g/mol. The predicted octanol–water partition coefficient (Wildman–Crippen LogP) is 2.09. The van der Waals surface area contributed by atoms with E-state index in [0.717, 1.165) is 14.5 Å². The summed E-state index contributed by atoms with van der Waals surface area (Å²) in [5.41, 5.74) is 11.7. The molecule has 0 aromatic heterocycles. The Balaban J connectivity index is 2.85. The van der Waals surface area contributed by atoms with Crippen LogP contribution in [0.3, 0.4) is 0 Å². The van der Waals surface area contributed by atoms with Crippen molar-refractivity contribution < 1.29 is 4.79 Å². The largest absolute Gasteiger partial charge is 0.370 e. The van der Waals surface area contributed by atoms with Gasteiger partial charge < -0.3 is 11.5 Å². The van der Waals surface area contributed by atoms with Crippen LogP contribution in [0.5, 0.6) is 0 Å². The molecule has 0 saturated heterocycles. The minimum Gasteiger partial charge on any atom is -0.370 e. The SMILES string of the molecule is NC(=O)C[C@@H](N)c1ccc(Br)c(Br)c1. The van der Waals surface area contributed by atoms with E-state index in [1.807, 2.05) is 18.2 Å². The Morgan fingerprint density at radius 1 is 1.36 bits per heavy atom. The summed E-state index contributed by atoms with van der Waals surface area (Å²) in [6, 6.07) is 5.28. The standard InChI is InChI=1S/C9H10Br2N2O/c10-6-2-1-5(3-7(6)11)8(12)4-9(13)14/h1-3,8H,4,12H2,(H2,13,14)/t8-/m1/s1. The van der Waals surface area contributed by atoms with E-state index in [2.05, 4.69) is 31.9 Å². The summed E-state index contributed by atoms with van der Waals surface area (Å²) >= 11 is 6.71. The number of hydrogen-bond donors (Lipinski definition) is 2. The lowest BCUT2D eigenvalue weighted by atomic mass is 10.1. The first kappa shape index (κ1) is 11.7. The van der Waals surface area contributed by atoms with Gasteiger partial charge in [0.2, 0.25) is 5.91 Å². The van der Waals surface area contributed by atoms with Gasteiger partial charge in [0.1, 0.15) is 0 Å². The van der Waals surface area contributed by atoms with Crippen LogP contribution in [-0.4, -0.2) is 5.91 Å². The molecule has 1 atom stereocenters. The fourth-order valence-electron chi connectivity index (χ4n) is 1.08. The van der Waals surface area contributed by atoms with Crippen LogP contribution in [0, 0.1) is 0 Å². The lowest BCUT2D eigenvalue weighted by Gasteiger charge is -2.10. The van der Waals surface area contributed by atoms with Crippen molar-refractivity contribution in [2.75, 3.05) is 0 Å². The Morgan fingerprint density at radius 3 is 2.50 bits per heavy atom. The minimum atomic E-state index is -0.392. The lowest BCUT2D eigenvalue weighted by molar-refractivity contribution is -0.118. The van der Waals surface area contributed by atoms with E-state index in [9.17, 15) is 4.79 Å². The second-order valence-corrected chi connectivity index (χ2v) is 4.66. The van der Waals surface area contributed by atoms with Crippen molar-refractivity contribution in [3.63, 3.8) is 0 Å². The summed E-state index contributed by atoms with van der Waals surface area (Å²) in [5.74, 6) is -0.392. The summed E-state index contributed by atoms with van der Waals surface area (Å²) in [6.45, 7) is 0. The Labute approximate surface area is 99.1 Å². The maximum Gasteiger partial charge on any atom is 0.219 e. The van der Waals surface area contributed by atoms with Gasteiger partial charge in [0, 0.05) is 21.4 Å². The average Bonchev–Trinajstić information content (AvgIpc) is 2.08. The number of carbonyl (C=O) groups is 1. The molecule has 4 N–H and O–H groups in total. The van der Waals surface area contributed by atoms with Gasteiger partial charge in [-0.2, -0.15) is 0 Å². The van der Waals surface area contributed by atoms with Crippen LogP contribution >= 0.6 is 31.9 Å². The third kappa shape index (κ3) is 3.08. The first-order valence-corrected chi connectivity index (χ1v) is 5.58. The molecule has 0 unspecified atom stereocenters. The van der Waals surface area contributed by atoms with Crippen molar-refractivity contribution in [2.24, 2.45) is 11.5 Å². The smallest absolute Gasteiger partial charge is 0.219 e. The van der Waals surface area contributed by atoms with E-state index in [1.165, 1.54) is 0 Å². The van der Waals surface area contributed by atoms with E-state index < -0.39 is 5.91 Å². The van der Waals surface area contributed by atoms with Gasteiger partial charge in [-0.05, 0) is 49.6 Å². The summed E-state index contributed by atoms with van der Waals surface area (Å²) < 4.78 is 1.86. The van der Waals surface area contributed by atoms with Gasteiger partial charge in [0.05, 0.1) is 0 Å². The van der Waals surface area contributed by atoms with Gasteiger partial charge in [0.25, 0.3) is 0 Å². The zero-order valence-electron chi connectivity index (χ0n) is 7.34. The molecule has 0 aliphatic rings. The second-order valence-electron chi connectivity index (χ2n) is 2.95. The maximum absolute atomic E-state index is 10.7. The Bertz CT molecular complexity index is 355. The molecule has 3 nitrogen and oxygen atoms in total. The van der Waals surface area contributed by atoms with E-state index in [-0.39, 0.29) is 12.5 Å². The molecular formula is C9H10Br2N2O. The molecule has 0 fully saturated rings. The summed E-state index contributed by atoms with van der Waals surface area (Å²) in [6.07, 6.45) is 0.161. The van der Waals surface area contributed by atoms with Crippen LogP contribution in [-0.2, 0) is 4.79 Å². The van der Waals surface area contributed by atoms with Crippen LogP contribution in [0.15, 0.2) is 27.1 Å². The molecule has 0 saturated carbocycles. The van der Waals surface area contributed by atoms with Crippen molar-refractivity contribution in [1.29, 1.82) is 0 Å². The lowest BCUT2D eigenvalue weighted by Crippen LogP contribution is -2.20. The Morgan fingerprint density at radius 2 is 2.00 bits per heavy atom. The molecule has 0 aliphatic heterocycles. The number of halogens is 2. The fraction of sp³-hybridized carbons (Fsp3) is 0.222. The number of carbonyl (C=O) groups excluding carboxylic acids is 1. The minimum absolute atomic E-state index is 0.161. The highest BCUT2D eigenvalue weighted by atomic mass is 79.9. The summed E-state index contributed by atoms with van der Waals surface area (Å²) in [4.78, 5) is 10.7. The van der Waals surface area contributed by atoms with Crippen molar-refractivity contribution in [2.45, 2.75) is 12.5 Å². The molecule has 0 aliphatic carbocycles. The van der Waals surface area contributed by atoms with E-state index in [1.54, 1.807) is 0 Å². The van der Waals surface area contributed by atoms with Crippen LogP contribution in [0.25, 0.3) is 0 Å². The summed E-state index contributed by atoms with van der Waals surface area (Å²) in [7, 11) is 0. The molecule has 1 amide bonds. The van der Waals surface area contributed by atoms with Gasteiger partial charge in [-0.25, -0.2) is 0 Å². The molecule has 14 heavy (non-hydrogen) atoms. The molecule has 1 rings (SSSR count). The molecular weight excluding hydrogens is 312 g/mol. The molecule has 0 heterocycles. The van der Waals surface area contributed by atoms with Crippen molar-refractivity contribution in [3.8, 4) is 0 Å². The number of rotatable bonds is 3. The van der Waals surface area contributed by atoms with Crippen molar-refractivity contribution in [3.05, 3.63) is 32.7 Å². The van der Waals surface area contributed by atoms with Gasteiger partial charge in [-0.15, -0.1) is 0 Å². The first-order valence-electron chi connectivity index (χ1n) is 3.99. The van der Waals surface area contributed by atoms with Crippen LogP contribution in [0.1, 0.15) is 18.0 Å². The van der Waals surface area contributed by atoms with E-state index in [0.29, 0.717) is 0 Å². The first-order chi connectivity index (χ1) is 6.50. The van der Waals surface area contributed by atoms with E-state index in [4.69, 9.17) is 11.5 Å². The topological polar surface area (TPSA) is 69.1 Å². The van der Waals surface area contributed by atoms with Crippen LogP contribution in [0.4, 0.5) is 0 Å². The normalized spacial score (nSPS) is 12.5. The molecule has 1 aromatic carbocycles. The highest BCUT2D eigenvalue weighted by Crippen LogP contribution is 2.26. The quantitative estimate of drug-likeness (QED) is 0.895. The molecule has 1 aromatic rings. The zero-order chi connectivity index (χ0) is 10.7. The molecule has 5 heteroatoms. The Kier molecular flexibility index (Phi) is 4.10. The van der Waals surface area contributed by atoms with Crippen molar-refractivity contribution >= 4 is 37.8 Å². The summed E-state index contributed by atoms with van der Waals surface area (Å²) in [5, 5.41) is 0. The number of nitrogens with two attached hydrogens (primary N) is 2. The fourth-order valence-corrected chi connectivity index (χ4v) is 1.72. The van der Waals surface area contributed by atoms with Crippen molar-refractivity contribution in [1.82, 2.24) is 0 Å². The zero-order valence-corrected chi connectivity index (χ0v) is 10.5. The van der Waals surface area contributed by atoms with Gasteiger partial charge in [-0.3, -0.25) is 4.79 Å². The predicted molar refractivity (Wildman–Crippen MR) is 62.6 cm³/mol.